The monoisotopic (exact) mass is 612 g/mol. The van der Waals surface area contributed by atoms with Crippen molar-refractivity contribution >= 4 is 55.4 Å². The predicted molar refractivity (Wildman–Crippen MR) is 145 cm³/mol. The molecule has 0 fully saturated rings. The van der Waals surface area contributed by atoms with Crippen LogP contribution >= 0.6 is 27.5 Å². The molecule has 3 rings (SSSR count). The molecule has 0 saturated carbocycles. The maximum Gasteiger partial charge on any atom is 0.290 e. The number of aliphatic hydroxyl groups excluding tert-OH is 1. The van der Waals surface area contributed by atoms with E-state index in [9.17, 15) is 13.2 Å². The van der Waals surface area contributed by atoms with Gasteiger partial charge in [-0.1, -0.05) is 39.7 Å². The molecule has 0 heterocycles. The van der Waals surface area contributed by atoms with Crippen molar-refractivity contribution in [3.63, 3.8) is 0 Å². The van der Waals surface area contributed by atoms with Crippen molar-refractivity contribution in [2.24, 2.45) is 0 Å². The first kappa shape index (κ1) is 30.3. The normalized spacial score (nSPS) is 10.7. The fraction of sp³-hybridized carbons (Fsp3) is 0.200. The minimum Gasteiger partial charge on any atom is -0.489 e. The number of hydrogen-bond donors (Lipinski definition) is 4. The van der Waals surface area contributed by atoms with Crippen molar-refractivity contribution in [2.75, 3.05) is 24.7 Å². The second-order valence-corrected chi connectivity index (χ2v) is 11.0. The first-order valence-electron chi connectivity index (χ1n) is 10.8. The molecule has 0 aromatic heterocycles. The fourth-order valence-electron chi connectivity index (χ4n) is 3.11. The smallest absolute Gasteiger partial charge is 0.290 e. The number of hydrogen-bond acceptors (Lipinski definition) is 7. The van der Waals surface area contributed by atoms with E-state index in [1.165, 1.54) is 18.2 Å². The molecule has 3 aromatic rings. The Kier molecular flexibility index (Phi) is 12.0. The van der Waals surface area contributed by atoms with Gasteiger partial charge >= 0.3 is 0 Å². The zero-order chi connectivity index (χ0) is 27.4. The van der Waals surface area contributed by atoms with Crippen LogP contribution in [0.1, 0.15) is 21.5 Å². The number of carbonyl (C=O) groups excluding carboxylic acids is 1. The SMILES string of the molecule is CS(=O)(=O)c1ccc(NC(=O)c2cccc(COc3ccc(Br)cc3CNCCO)c2)c(Cl)c1.O=CO. The number of nitrogens with one attached hydrogen (secondary N) is 2. The van der Waals surface area contributed by atoms with Gasteiger partial charge in [0.05, 0.1) is 22.2 Å². The molecule has 0 radical (unpaired) electrons. The average Bonchev–Trinajstić information content (AvgIpc) is 2.85. The summed E-state index contributed by atoms with van der Waals surface area (Å²) in [7, 11) is -3.40. The molecule has 0 saturated heterocycles. The van der Waals surface area contributed by atoms with E-state index in [0.29, 0.717) is 30.1 Å². The standard InChI is InChI=1S/C24H24BrClN2O5S.CH2O2/c1-34(31,32)20-6-7-22(21(26)13-20)28-24(30)17-4-2-3-16(11-17)15-33-23-8-5-19(25)12-18(23)14-27-9-10-29;2-1-3/h2-8,11-13,27,29H,9-10,14-15H2,1H3,(H,28,30);1H,(H,2,3). The molecule has 9 nitrogen and oxygen atoms in total. The summed E-state index contributed by atoms with van der Waals surface area (Å²) in [4.78, 5) is 21.2. The predicted octanol–water partition coefficient (Wildman–Crippen LogP) is 4.12. The van der Waals surface area contributed by atoms with Crippen LogP contribution < -0.4 is 15.4 Å². The van der Waals surface area contributed by atoms with E-state index >= 15 is 0 Å². The largest absolute Gasteiger partial charge is 0.489 e. The Labute approximate surface area is 228 Å². The summed E-state index contributed by atoms with van der Waals surface area (Å²) < 4.78 is 30.3. The molecular formula is C25H26BrClN2O7S. The van der Waals surface area contributed by atoms with Gasteiger partial charge in [0, 0.05) is 34.9 Å². The summed E-state index contributed by atoms with van der Waals surface area (Å²) in [5, 5.41) is 21.8. The van der Waals surface area contributed by atoms with Crippen molar-refractivity contribution in [1.82, 2.24) is 5.32 Å². The molecule has 0 bridgehead atoms. The van der Waals surface area contributed by atoms with Crippen molar-refractivity contribution < 1.29 is 33.0 Å². The lowest BCUT2D eigenvalue weighted by Gasteiger charge is -2.13. The molecule has 0 aliphatic heterocycles. The molecule has 0 atom stereocenters. The second-order valence-electron chi connectivity index (χ2n) is 7.61. The van der Waals surface area contributed by atoms with Crippen LogP contribution in [-0.4, -0.2) is 50.4 Å². The summed E-state index contributed by atoms with van der Waals surface area (Å²) in [6.45, 7) is 1.06. The summed E-state index contributed by atoms with van der Waals surface area (Å²) in [5.41, 5.74) is 2.45. The summed E-state index contributed by atoms with van der Waals surface area (Å²) >= 11 is 9.62. The number of aliphatic hydroxyl groups is 1. The molecule has 12 heteroatoms. The maximum absolute atomic E-state index is 12.8. The molecule has 198 valence electrons. The highest BCUT2D eigenvalue weighted by Gasteiger charge is 2.13. The van der Waals surface area contributed by atoms with Crippen molar-refractivity contribution in [3.05, 3.63) is 86.8 Å². The summed E-state index contributed by atoms with van der Waals surface area (Å²) in [6, 6.07) is 16.9. The van der Waals surface area contributed by atoms with Crippen LogP contribution in [0.5, 0.6) is 5.75 Å². The number of anilines is 1. The highest BCUT2D eigenvalue weighted by molar-refractivity contribution is 9.10. The lowest BCUT2D eigenvalue weighted by atomic mass is 10.1. The third kappa shape index (κ3) is 9.78. The van der Waals surface area contributed by atoms with Gasteiger partial charge in [-0.2, -0.15) is 0 Å². The molecule has 0 aliphatic carbocycles. The van der Waals surface area contributed by atoms with Gasteiger partial charge in [0.15, 0.2) is 9.84 Å². The summed E-state index contributed by atoms with van der Waals surface area (Å²) in [6.07, 6.45) is 1.09. The van der Waals surface area contributed by atoms with Crippen LogP contribution in [0.15, 0.2) is 70.0 Å². The van der Waals surface area contributed by atoms with Gasteiger partial charge in [-0.25, -0.2) is 8.42 Å². The lowest BCUT2D eigenvalue weighted by Crippen LogP contribution is -2.18. The molecule has 0 spiro atoms. The Morgan fingerprint density at radius 3 is 2.51 bits per heavy atom. The van der Waals surface area contributed by atoms with E-state index in [0.717, 1.165) is 21.9 Å². The van der Waals surface area contributed by atoms with Gasteiger partial charge in [0.1, 0.15) is 12.4 Å². The zero-order valence-electron chi connectivity index (χ0n) is 19.8. The fourth-order valence-corrected chi connectivity index (χ4v) is 4.46. The van der Waals surface area contributed by atoms with Crippen molar-refractivity contribution in [3.8, 4) is 5.75 Å². The van der Waals surface area contributed by atoms with Crippen LogP contribution in [0.25, 0.3) is 0 Å². The minimum absolute atomic E-state index is 0.0477. The molecule has 0 unspecified atom stereocenters. The maximum atomic E-state index is 12.8. The first-order chi connectivity index (χ1) is 17.6. The third-order valence-electron chi connectivity index (χ3n) is 4.83. The molecular weight excluding hydrogens is 588 g/mol. The van der Waals surface area contributed by atoms with Crippen LogP contribution in [0, 0.1) is 0 Å². The van der Waals surface area contributed by atoms with Gasteiger partial charge in [-0.15, -0.1) is 0 Å². The Hall–Kier alpha value is -2.96. The van der Waals surface area contributed by atoms with Crippen LogP contribution in [0.2, 0.25) is 5.02 Å². The quantitative estimate of drug-likeness (QED) is 0.198. The van der Waals surface area contributed by atoms with Gasteiger partial charge in [-0.3, -0.25) is 9.59 Å². The lowest BCUT2D eigenvalue weighted by molar-refractivity contribution is -0.122. The molecule has 4 N–H and O–H groups in total. The molecule has 0 aliphatic rings. The number of sulfone groups is 1. The van der Waals surface area contributed by atoms with Crippen LogP contribution in [0.3, 0.4) is 0 Å². The van der Waals surface area contributed by atoms with E-state index in [2.05, 4.69) is 26.6 Å². The van der Waals surface area contributed by atoms with Crippen molar-refractivity contribution in [2.45, 2.75) is 18.0 Å². The number of benzene rings is 3. The number of amides is 1. The number of carboxylic acid groups (broad SMARTS) is 1. The second kappa shape index (κ2) is 14.7. The molecule has 1 amide bonds. The van der Waals surface area contributed by atoms with E-state index < -0.39 is 9.84 Å². The van der Waals surface area contributed by atoms with Gasteiger partial charge < -0.3 is 25.6 Å². The minimum atomic E-state index is -3.40. The number of ether oxygens (including phenoxy) is 1. The van der Waals surface area contributed by atoms with Crippen LogP contribution in [-0.2, 0) is 27.8 Å². The topological polar surface area (TPSA) is 142 Å². The van der Waals surface area contributed by atoms with E-state index in [-0.39, 0.29) is 35.5 Å². The molecule has 3 aromatic carbocycles. The average molecular weight is 614 g/mol. The van der Waals surface area contributed by atoms with Crippen LogP contribution in [0.4, 0.5) is 5.69 Å². The number of halogens is 2. The van der Waals surface area contributed by atoms with Gasteiger partial charge in [0.2, 0.25) is 0 Å². The Morgan fingerprint density at radius 2 is 1.86 bits per heavy atom. The Balaban J connectivity index is 0.00000153. The van der Waals surface area contributed by atoms with E-state index in [1.54, 1.807) is 18.2 Å². The highest BCUT2D eigenvalue weighted by atomic mass is 79.9. The summed E-state index contributed by atoms with van der Waals surface area (Å²) in [5.74, 6) is 0.314. The Bertz CT molecular complexity index is 1340. The van der Waals surface area contributed by atoms with E-state index in [4.69, 9.17) is 31.3 Å². The zero-order valence-corrected chi connectivity index (χ0v) is 22.9. The third-order valence-corrected chi connectivity index (χ3v) is 6.74. The number of carbonyl (C=O) groups is 2. The molecule has 37 heavy (non-hydrogen) atoms. The first-order valence-corrected chi connectivity index (χ1v) is 13.9. The number of rotatable bonds is 10. The van der Waals surface area contributed by atoms with Gasteiger partial charge in [0.25, 0.3) is 12.4 Å². The van der Waals surface area contributed by atoms with Crippen molar-refractivity contribution in [1.29, 1.82) is 0 Å². The van der Waals surface area contributed by atoms with Gasteiger partial charge in [-0.05, 0) is 54.1 Å². The van der Waals surface area contributed by atoms with E-state index in [1.807, 2.05) is 24.3 Å². The Morgan fingerprint density at radius 1 is 1.14 bits per heavy atom. The highest BCUT2D eigenvalue weighted by Crippen LogP contribution is 2.27.